The Morgan fingerprint density at radius 1 is 1.42 bits per heavy atom. The zero-order valence-electron chi connectivity index (χ0n) is 11.6. The van der Waals surface area contributed by atoms with Gasteiger partial charge in [0.15, 0.2) is 0 Å². The summed E-state index contributed by atoms with van der Waals surface area (Å²) in [5, 5.41) is 11.4. The van der Waals surface area contributed by atoms with E-state index in [1.807, 2.05) is 0 Å². The lowest BCUT2D eigenvalue weighted by molar-refractivity contribution is -0.139. The number of rotatable bonds is 4. The van der Waals surface area contributed by atoms with Crippen LogP contribution in [0.3, 0.4) is 0 Å². The SMILES string of the molecule is C#CCC(NC(=O)N1CCC(C(C)C)CC1)C(=O)O. The highest BCUT2D eigenvalue weighted by Gasteiger charge is 2.27. The lowest BCUT2D eigenvalue weighted by Crippen LogP contribution is -2.50. The van der Waals surface area contributed by atoms with Crippen LogP contribution in [0.25, 0.3) is 0 Å². The van der Waals surface area contributed by atoms with Gasteiger partial charge >= 0.3 is 12.0 Å². The van der Waals surface area contributed by atoms with Gasteiger partial charge in [0.2, 0.25) is 0 Å². The second-order valence-corrected chi connectivity index (χ2v) is 5.32. The lowest BCUT2D eigenvalue weighted by atomic mass is 9.87. The Labute approximate surface area is 114 Å². The molecule has 1 aliphatic rings. The van der Waals surface area contributed by atoms with Crippen molar-refractivity contribution in [3.63, 3.8) is 0 Å². The van der Waals surface area contributed by atoms with Gasteiger partial charge in [0.05, 0.1) is 0 Å². The van der Waals surface area contributed by atoms with Crippen molar-refractivity contribution in [3.05, 3.63) is 0 Å². The van der Waals surface area contributed by atoms with E-state index in [9.17, 15) is 9.59 Å². The molecule has 0 aliphatic carbocycles. The van der Waals surface area contributed by atoms with Crippen LogP contribution >= 0.6 is 0 Å². The van der Waals surface area contributed by atoms with E-state index < -0.39 is 12.0 Å². The molecule has 1 atom stereocenters. The number of urea groups is 1. The topological polar surface area (TPSA) is 69.6 Å². The van der Waals surface area contributed by atoms with Gasteiger partial charge in [-0.3, -0.25) is 0 Å². The molecule has 0 bridgehead atoms. The molecule has 0 aromatic heterocycles. The highest BCUT2D eigenvalue weighted by molar-refractivity contribution is 5.82. The summed E-state index contributed by atoms with van der Waals surface area (Å²) < 4.78 is 0. The maximum atomic E-state index is 11.9. The Hall–Kier alpha value is -1.70. The Kier molecular flexibility index (Phi) is 5.68. The molecule has 1 heterocycles. The van der Waals surface area contributed by atoms with Crippen molar-refractivity contribution in [2.24, 2.45) is 11.8 Å². The third-order valence-corrected chi connectivity index (χ3v) is 3.69. The first-order valence-corrected chi connectivity index (χ1v) is 6.67. The van der Waals surface area contributed by atoms with Gasteiger partial charge in [-0.2, -0.15) is 0 Å². The zero-order chi connectivity index (χ0) is 14.4. The maximum Gasteiger partial charge on any atom is 0.327 e. The first-order valence-electron chi connectivity index (χ1n) is 6.67. The number of carboxylic acids is 1. The number of hydrogen-bond donors (Lipinski definition) is 2. The van der Waals surface area contributed by atoms with Gasteiger partial charge < -0.3 is 15.3 Å². The number of nitrogens with zero attached hydrogens (tertiary/aromatic N) is 1. The molecule has 5 nitrogen and oxygen atoms in total. The number of amides is 2. The Bertz CT molecular complexity index is 365. The van der Waals surface area contributed by atoms with E-state index in [2.05, 4.69) is 25.1 Å². The second-order valence-electron chi connectivity index (χ2n) is 5.32. The molecule has 0 aromatic rings. The first-order chi connectivity index (χ1) is 8.95. The largest absolute Gasteiger partial charge is 0.480 e. The van der Waals surface area contributed by atoms with Gasteiger partial charge in [-0.25, -0.2) is 9.59 Å². The summed E-state index contributed by atoms with van der Waals surface area (Å²) >= 11 is 0. The Morgan fingerprint density at radius 2 is 2.00 bits per heavy atom. The molecule has 19 heavy (non-hydrogen) atoms. The highest BCUT2D eigenvalue weighted by atomic mass is 16.4. The van der Waals surface area contributed by atoms with Crippen LogP contribution in [0.15, 0.2) is 0 Å². The van der Waals surface area contributed by atoms with Crippen molar-refractivity contribution < 1.29 is 14.7 Å². The molecule has 2 N–H and O–H groups in total. The molecule has 1 rings (SSSR count). The molecule has 2 amide bonds. The maximum absolute atomic E-state index is 11.9. The summed E-state index contributed by atoms with van der Waals surface area (Å²) in [6, 6.07) is -1.33. The van der Waals surface area contributed by atoms with Crippen LogP contribution in [0.5, 0.6) is 0 Å². The number of terminal acetylenes is 1. The molecular weight excluding hydrogens is 244 g/mol. The summed E-state index contributed by atoms with van der Waals surface area (Å²) in [6.07, 6.45) is 7.04. The summed E-state index contributed by atoms with van der Waals surface area (Å²) in [4.78, 5) is 24.5. The van der Waals surface area contributed by atoms with E-state index in [1.165, 1.54) is 0 Å². The molecular formula is C14H22N2O3. The number of carbonyl (C=O) groups is 2. The van der Waals surface area contributed by atoms with Crippen molar-refractivity contribution in [3.8, 4) is 12.3 Å². The van der Waals surface area contributed by atoms with E-state index in [-0.39, 0.29) is 12.5 Å². The van der Waals surface area contributed by atoms with Gasteiger partial charge in [0.1, 0.15) is 6.04 Å². The molecule has 5 heteroatoms. The van der Waals surface area contributed by atoms with E-state index in [0.717, 1.165) is 12.8 Å². The number of aliphatic carboxylic acids is 1. The van der Waals surface area contributed by atoms with Gasteiger partial charge in [-0.1, -0.05) is 13.8 Å². The monoisotopic (exact) mass is 266 g/mol. The minimum atomic E-state index is -1.09. The molecule has 1 saturated heterocycles. The smallest absolute Gasteiger partial charge is 0.327 e. The predicted molar refractivity (Wildman–Crippen MR) is 72.5 cm³/mol. The Morgan fingerprint density at radius 3 is 2.42 bits per heavy atom. The van der Waals surface area contributed by atoms with Crippen LogP contribution in [0.1, 0.15) is 33.1 Å². The minimum absolute atomic E-state index is 0.00350. The number of nitrogens with one attached hydrogen (secondary N) is 1. The number of hydrogen-bond acceptors (Lipinski definition) is 2. The lowest BCUT2D eigenvalue weighted by Gasteiger charge is -2.34. The molecule has 0 spiro atoms. The van der Waals surface area contributed by atoms with Crippen LogP contribution in [-0.2, 0) is 4.79 Å². The van der Waals surface area contributed by atoms with Crippen molar-refractivity contribution in [1.82, 2.24) is 10.2 Å². The number of carboxylic acid groups (broad SMARTS) is 1. The molecule has 106 valence electrons. The molecule has 0 radical (unpaired) electrons. The third-order valence-electron chi connectivity index (χ3n) is 3.69. The molecule has 1 fully saturated rings. The van der Waals surface area contributed by atoms with Crippen molar-refractivity contribution in [2.75, 3.05) is 13.1 Å². The molecule has 1 aliphatic heterocycles. The number of piperidine rings is 1. The average Bonchev–Trinajstić information content (AvgIpc) is 2.38. The standard InChI is InChI=1S/C14H22N2O3/c1-4-5-12(13(17)18)15-14(19)16-8-6-11(7-9-16)10(2)3/h1,10-12H,5-9H2,2-3H3,(H,15,19)(H,17,18). The summed E-state index contributed by atoms with van der Waals surface area (Å²) in [7, 11) is 0. The van der Waals surface area contributed by atoms with Crippen LogP contribution in [0, 0.1) is 24.2 Å². The average molecular weight is 266 g/mol. The van der Waals surface area contributed by atoms with E-state index >= 15 is 0 Å². The first kappa shape index (κ1) is 15.4. The van der Waals surface area contributed by atoms with Crippen LogP contribution in [-0.4, -0.2) is 41.1 Å². The van der Waals surface area contributed by atoms with Crippen molar-refractivity contribution >= 4 is 12.0 Å². The van der Waals surface area contributed by atoms with Crippen LogP contribution < -0.4 is 5.32 Å². The van der Waals surface area contributed by atoms with Crippen LogP contribution in [0.4, 0.5) is 4.79 Å². The fourth-order valence-electron chi connectivity index (χ4n) is 2.33. The van der Waals surface area contributed by atoms with Gasteiger partial charge in [0, 0.05) is 19.5 Å². The quantitative estimate of drug-likeness (QED) is 0.758. The molecule has 1 unspecified atom stereocenters. The zero-order valence-corrected chi connectivity index (χ0v) is 11.6. The molecule has 0 saturated carbocycles. The third kappa shape index (κ3) is 4.47. The van der Waals surface area contributed by atoms with Gasteiger partial charge in [0.25, 0.3) is 0 Å². The fourth-order valence-corrected chi connectivity index (χ4v) is 2.33. The minimum Gasteiger partial charge on any atom is -0.480 e. The fraction of sp³-hybridized carbons (Fsp3) is 0.714. The van der Waals surface area contributed by atoms with E-state index in [4.69, 9.17) is 11.5 Å². The van der Waals surface area contributed by atoms with Gasteiger partial charge in [-0.05, 0) is 24.7 Å². The predicted octanol–water partition coefficient (Wildman–Crippen LogP) is 1.54. The van der Waals surface area contributed by atoms with Crippen molar-refractivity contribution in [1.29, 1.82) is 0 Å². The summed E-state index contributed by atoms with van der Waals surface area (Å²) in [5.74, 6) is 2.44. The molecule has 0 aromatic carbocycles. The van der Waals surface area contributed by atoms with E-state index in [0.29, 0.717) is 24.9 Å². The summed E-state index contributed by atoms with van der Waals surface area (Å²) in [6.45, 7) is 5.73. The van der Waals surface area contributed by atoms with Crippen molar-refractivity contribution in [2.45, 2.75) is 39.2 Å². The Balaban J connectivity index is 2.47. The second kappa shape index (κ2) is 7.03. The van der Waals surface area contributed by atoms with Crippen LogP contribution in [0.2, 0.25) is 0 Å². The van der Waals surface area contributed by atoms with E-state index in [1.54, 1.807) is 4.90 Å². The highest BCUT2D eigenvalue weighted by Crippen LogP contribution is 2.24. The van der Waals surface area contributed by atoms with Gasteiger partial charge in [-0.15, -0.1) is 12.3 Å². The number of carbonyl (C=O) groups excluding carboxylic acids is 1. The number of likely N-dealkylation sites (tertiary alicyclic amines) is 1. The normalized spacial score (nSPS) is 17.9. The summed E-state index contributed by atoms with van der Waals surface area (Å²) in [5.41, 5.74) is 0.